The maximum absolute atomic E-state index is 13.6. The summed E-state index contributed by atoms with van der Waals surface area (Å²) in [7, 11) is 0. The molecule has 0 aliphatic carbocycles. The van der Waals surface area contributed by atoms with Crippen molar-refractivity contribution in [3.05, 3.63) is 78.0 Å². The zero-order chi connectivity index (χ0) is 17.6. The summed E-state index contributed by atoms with van der Waals surface area (Å²) in [5, 5.41) is 11.8. The van der Waals surface area contributed by atoms with Crippen LogP contribution in [0, 0.1) is 5.82 Å². The molecule has 1 amide bonds. The standard InChI is InChI=1S/C18H14FN3O3/c19-15-3-1-2-4-16(15)25-17-8-13(5-6-21-17)18(24)22-14-7-12(11-23)9-20-10-14/h1-10,23H,11H2,(H,22,24). The number of hydrogen-bond donors (Lipinski definition) is 2. The molecule has 0 aliphatic rings. The number of benzene rings is 1. The van der Waals surface area contributed by atoms with Gasteiger partial charge in [-0.3, -0.25) is 9.78 Å². The molecule has 126 valence electrons. The lowest BCUT2D eigenvalue weighted by atomic mass is 10.2. The normalized spacial score (nSPS) is 10.3. The molecule has 0 saturated carbocycles. The van der Waals surface area contributed by atoms with Crippen LogP contribution in [0.2, 0.25) is 0 Å². The Morgan fingerprint density at radius 1 is 1.20 bits per heavy atom. The zero-order valence-electron chi connectivity index (χ0n) is 13.0. The minimum Gasteiger partial charge on any atom is -0.436 e. The smallest absolute Gasteiger partial charge is 0.255 e. The number of nitrogens with zero attached hydrogens (tertiary/aromatic N) is 2. The molecule has 6 nitrogen and oxygen atoms in total. The minimum atomic E-state index is -0.522. The van der Waals surface area contributed by atoms with Gasteiger partial charge in [0.25, 0.3) is 5.91 Å². The number of carbonyl (C=O) groups excluding carboxylic acids is 1. The summed E-state index contributed by atoms with van der Waals surface area (Å²) in [5.41, 5.74) is 1.32. The summed E-state index contributed by atoms with van der Waals surface area (Å²) < 4.78 is 19.0. The molecule has 0 fully saturated rings. The van der Waals surface area contributed by atoms with E-state index in [0.717, 1.165) is 0 Å². The van der Waals surface area contributed by atoms with E-state index in [9.17, 15) is 9.18 Å². The average Bonchev–Trinajstić information content (AvgIpc) is 2.64. The topological polar surface area (TPSA) is 84.3 Å². The Morgan fingerprint density at radius 2 is 2.04 bits per heavy atom. The van der Waals surface area contributed by atoms with Crippen LogP contribution in [0.25, 0.3) is 0 Å². The van der Waals surface area contributed by atoms with Gasteiger partial charge in [-0.1, -0.05) is 12.1 Å². The predicted octanol–water partition coefficient (Wildman–Crippen LogP) is 3.15. The van der Waals surface area contributed by atoms with Gasteiger partial charge >= 0.3 is 0 Å². The van der Waals surface area contributed by atoms with Gasteiger partial charge in [0.05, 0.1) is 18.5 Å². The average molecular weight is 339 g/mol. The monoisotopic (exact) mass is 339 g/mol. The van der Waals surface area contributed by atoms with Crippen LogP contribution in [0.15, 0.2) is 61.1 Å². The van der Waals surface area contributed by atoms with Crippen LogP contribution in [-0.2, 0) is 6.61 Å². The Bertz CT molecular complexity index is 902. The molecule has 2 N–H and O–H groups in total. The van der Waals surface area contributed by atoms with Gasteiger partial charge in [-0.2, -0.15) is 0 Å². The summed E-state index contributed by atoms with van der Waals surface area (Å²) in [6.45, 7) is -0.174. The number of nitrogens with one attached hydrogen (secondary N) is 1. The van der Waals surface area contributed by atoms with Crippen LogP contribution < -0.4 is 10.1 Å². The molecule has 0 aliphatic heterocycles. The van der Waals surface area contributed by atoms with Gasteiger partial charge in [0, 0.05) is 24.0 Å². The maximum Gasteiger partial charge on any atom is 0.255 e. The first-order valence-electron chi connectivity index (χ1n) is 7.40. The van der Waals surface area contributed by atoms with Gasteiger partial charge in [-0.25, -0.2) is 9.37 Å². The largest absolute Gasteiger partial charge is 0.436 e. The fourth-order valence-electron chi connectivity index (χ4n) is 2.09. The molecule has 0 atom stereocenters. The highest BCUT2D eigenvalue weighted by atomic mass is 19.1. The van der Waals surface area contributed by atoms with Crippen LogP contribution in [0.1, 0.15) is 15.9 Å². The van der Waals surface area contributed by atoms with E-state index in [4.69, 9.17) is 9.84 Å². The Labute approximate surface area is 142 Å². The number of aromatic nitrogens is 2. The van der Waals surface area contributed by atoms with E-state index in [1.165, 1.54) is 42.9 Å². The highest BCUT2D eigenvalue weighted by molar-refractivity contribution is 6.04. The van der Waals surface area contributed by atoms with Crippen molar-refractivity contribution in [2.24, 2.45) is 0 Å². The molecule has 25 heavy (non-hydrogen) atoms. The van der Waals surface area contributed by atoms with Crippen molar-refractivity contribution in [3.8, 4) is 11.6 Å². The SMILES string of the molecule is O=C(Nc1cncc(CO)c1)c1ccnc(Oc2ccccc2F)c1. The molecule has 7 heteroatoms. The van der Waals surface area contributed by atoms with Gasteiger partial charge in [0.2, 0.25) is 5.88 Å². The van der Waals surface area contributed by atoms with Crippen molar-refractivity contribution >= 4 is 11.6 Å². The van der Waals surface area contributed by atoms with Gasteiger partial charge in [-0.05, 0) is 29.8 Å². The number of hydrogen-bond acceptors (Lipinski definition) is 5. The fourth-order valence-corrected chi connectivity index (χ4v) is 2.09. The zero-order valence-corrected chi connectivity index (χ0v) is 13.0. The van der Waals surface area contributed by atoms with E-state index in [1.807, 2.05) is 0 Å². The number of ether oxygens (including phenoxy) is 1. The molecule has 0 spiro atoms. The van der Waals surface area contributed by atoms with E-state index < -0.39 is 11.7 Å². The van der Waals surface area contributed by atoms with E-state index >= 15 is 0 Å². The van der Waals surface area contributed by atoms with Crippen molar-refractivity contribution in [2.75, 3.05) is 5.32 Å². The molecule has 0 unspecified atom stereocenters. The number of pyridine rings is 2. The number of para-hydroxylation sites is 1. The number of carbonyl (C=O) groups is 1. The van der Waals surface area contributed by atoms with Crippen LogP contribution in [0.5, 0.6) is 11.6 Å². The third kappa shape index (κ3) is 4.15. The quantitative estimate of drug-likeness (QED) is 0.746. The Morgan fingerprint density at radius 3 is 2.84 bits per heavy atom. The van der Waals surface area contributed by atoms with Gasteiger partial charge in [-0.15, -0.1) is 0 Å². The number of halogens is 1. The molecule has 2 heterocycles. The van der Waals surface area contributed by atoms with E-state index in [0.29, 0.717) is 11.3 Å². The Hall–Kier alpha value is -3.32. The maximum atomic E-state index is 13.6. The molecule has 3 rings (SSSR count). The number of aliphatic hydroxyl groups excluding tert-OH is 1. The van der Waals surface area contributed by atoms with Crippen molar-refractivity contribution in [2.45, 2.75) is 6.61 Å². The van der Waals surface area contributed by atoms with Gasteiger partial charge < -0.3 is 15.2 Å². The first kappa shape index (κ1) is 16.5. The first-order chi connectivity index (χ1) is 12.2. The third-order valence-corrected chi connectivity index (χ3v) is 3.28. The molecular weight excluding hydrogens is 325 g/mol. The molecule has 2 aromatic heterocycles. The van der Waals surface area contributed by atoms with E-state index in [1.54, 1.807) is 18.2 Å². The number of rotatable bonds is 5. The van der Waals surface area contributed by atoms with Crippen LogP contribution in [0.3, 0.4) is 0 Å². The minimum absolute atomic E-state index is 0.0207. The van der Waals surface area contributed by atoms with Crippen molar-refractivity contribution in [1.82, 2.24) is 9.97 Å². The van der Waals surface area contributed by atoms with Crippen LogP contribution in [0.4, 0.5) is 10.1 Å². The highest BCUT2D eigenvalue weighted by Gasteiger charge is 2.10. The lowest BCUT2D eigenvalue weighted by Crippen LogP contribution is -2.12. The Kier molecular flexibility index (Phi) is 4.96. The third-order valence-electron chi connectivity index (χ3n) is 3.28. The molecule has 3 aromatic rings. The van der Waals surface area contributed by atoms with Gasteiger partial charge in [0.1, 0.15) is 0 Å². The lowest BCUT2D eigenvalue weighted by molar-refractivity contribution is 0.102. The summed E-state index contributed by atoms with van der Waals surface area (Å²) in [6, 6.07) is 10.5. The number of amides is 1. The second-order valence-corrected chi connectivity index (χ2v) is 5.11. The summed E-state index contributed by atoms with van der Waals surface area (Å²) in [4.78, 5) is 20.2. The number of aliphatic hydroxyl groups is 1. The molecular formula is C18H14FN3O3. The lowest BCUT2D eigenvalue weighted by Gasteiger charge is -2.08. The highest BCUT2D eigenvalue weighted by Crippen LogP contribution is 2.23. The Balaban J connectivity index is 1.76. The van der Waals surface area contributed by atoms with Crippen molar-refractivity contribution in [3.63, 3.8) is 0 Å². The molecule has 0 saturated heterocycles. The molecule has 1 aromatic carbocycles. The second-order valence-electron chi connectivity index (χ2n) is 5.11. The van der Waals surface area contributed by atoms with E-state index in [-0.39, 0.29) is 23.8 Å². The number of anilines is 1. The summed E-state index contributed by atoms with van der Waals surface area (Å²) in [6.07, 6.45) is 4.37. The molecule has 0 bridgehead atoms. The predicted molar refractivity (Wildman–Crippen MR) is 88.8 cm³/mol. The molecule has 0 radical (unpaired) electrons. The van der Waals surface area contributed by atoms with Crippen molar-refractivity contribution in [1.29, 1.82) is 0 Å². The second kappa shape index (κ2) is 7.50. The van der Waals surface area contributed by atoms with Gasteiger partial charge in [0.15, 0.2) is 11.6 Å². The fraction of sp³-hybridized carbons (Fsp3) is 0.0556. The van der Waals surface area contributed by atoms with E-state index in [2.05, 4.69) is 15.3 Å². The summed E-state index contributed by atoms with van der Waals surface area (Å²) in [5.74, 6) is -0.809. The van der Waals surface area contributed by atoms with Crippen LogP contribution >= 0.6 is 0 Å². The first-order valence-corrected chi connectivity index (χ1v) is 7.40. The van der Waals surface area contributed by atoms with Crippen LogP contribution in [-0.4, -0.2) is 21.0 Å². The summed E-state index contributed by atoms with van der Waals surface area (Å²) >= 11 is 0. The van der Waals surface area contributed by atoms with Crippen molar-refractivity contribution < 1.29 is 19.0 Å².